The molecule has 1 saturated carbocycles. The topological polar surface area (TPSA) is 40.5 Å². The SMILES string of the molecule is C=CCCC1CCCC(O)C1O. The van der Waals surface area contributed by atoms with Crippen LogP contribution in [0.5, 0.6) is 0 Å². The van der Waals surface area contributed by atoms with E-state index in [0.29, 0.717) is 0 Å². The van der Waals surface area contributed by atoms with E-state index in [2.05, 4.69) is 6.58 Å². The Hall–Kier alpha value is -0.340. The van der Waals surface area contributed by atoms with Gasteiger partial charge in [-0.05, 0) is 31.6 Å². The van der Waals surface area contributed by atoms with E-state index in [4.69, 9.17) is 0 Å². The van der Waals surface area contributed by atoms with Gasteiger partial charge in [-0.1, -0.05) is 12.5 Å². The first-order chi connectivity index (χ1) is 5.75. The molecule has 0 bridgehead atoms. The molecule has 1 aliphatic rings. The summed E-state index contributed by atoms with van der Waals surface area (Å²) in [5.41, 5.74) is 0. The maximum Gasteiger partial charge on any atom is 0.0827 e. The van der Waals surface area contributed by atoms with Gasteiger partial charge >= 0.3 is 0 Å². The number of hydrogen-bond acceptors (Lipinski definition) is 2. The quantitative estimate of drug-likeness (QED) is 0.630. The highest BCUT2D eigenvalue weighted by Crippen LogP contribution is 2.28. The van der Waals surface area contributed by atoms with Gasteiger partial charge in [0.1, 0.15) is 0 Å². The fourth-order valence-electron chi connectivity index (χ4n) is 1.89. The average molecular weight is 170 g/mol. The van der Waals surface area contributed by atoms with Crippen molar-refractivity contribution in [2.24, 2.45) is 5.92 Å². The monoisotopic (exact) mass is 170 g/mol. The van der Waals surface area contributed by atoms with Gasteiger partial charge in [-0.2, -0.15) is 0 Å². The van der Waals surface area contributed by atoms with Crippen molar-refractivity contribution < 1.29 is 10.2 Å². The minimum Gasteiger partial charge on any atom is -0.390 e. The van der Waals surface area contributed by atoms with Crippen LogP contribution >= 0.6 is 0 Å². The largest absolute Gasteiger partial charge is 0.390 e. The van der Waals surface area contributed by atoms with Gasteiger partial charge < -0.3 is 10.2 Å². The zero-order chi connectivity index (χ0) is 8.97. The molecule has 0 aromatic carbocycles. The van der Waals surface area contributed by atoms with E-state index >= 15 is 0 Å². The van der Waals surface area contributed by atoms with Crippen LogP contribution < -0.4 is 0 Å². The Morgan fingerprint density at radius 2 is 2.08 bits per heavy atom. The Bertz CT molecular complexity index is 145. The fourth-order valence-corrected chi connectivity index (χ4v) is 1.89. The predicted molar refractivity (Wildman–Crippen MR) is 48.8 cm³/mol. The van der Waals surface area contributed by atoms with Crippen LogP contribution in [0.25, 0.3) is 0 Å². The minimum atomic E-state index is -0.501. The van der Waals surface area contributed by atoms with E-state index < -0.39 is 12.2 Å². The van der Waals surface area contributed by atoms with Gasteiger partial charge in [0.05, 0.1) is 12.2 Å². The van der Waals surface area contributed by atoms with E-state index in [-0.39, 0.29) is 5.92 Å². The van der Waals surface area contributed by atoms with Crippen LogP contribution in [0.4, 0.5) is 0 Å². The molecular formula is C10H18O2. The first kappa shape index (κ1) is 9.75. The lowest BCUT2D eigenvalue weighted by Crippen LogP contribution is -2.37. The molecule has 1 aliphatic carbocycles. The van der Waals surface area contributed by atoms with Crippen molar-refractivity contribution in [2.45, 2.75) is 44.3 Å². The highest BCUT2D eigenvalue weighted by atomic mass is 16.3. The highest BCUT2D eigenvalue weighted by Gasteiger charge is 2.29. The van der Waals surface area contributed by atoms with Gasteiger partial charge in [0.25, 0.3) is 0 Å². The molecule has 0 aromatic heterocycles. The second kappa shape index (κ2) is 4.63. The molecule has 2 N–H and O–H groups in total. The molecule has 0 heterocycles. The van der Waals surface area contributed by atoms with Gasteiger partial charge in [0, 0.05) is 0 Å². The normalized spacial score (nSPS) is 36.3. The first-order valence-corrected chi connectivity index (χ1v) is 4.72. The molecule has 3 atom stereocenters. The van der Waals surface area contributed by atoms with Crippen molar-refractivity contribution in [3.05, 3.63) is 12.7 Å². The van der Waals surface area contributed by atoms with E-state index in [1.54, 1.807) is 0 Å². The van der Waals surface area contributed by atoms with E-state index in [9.17, 15) is 10.2 Å². The van der Waals surface area contributed by atoms with Gasteiger partial charge in [-0.3, -0.25) is 0 Å². The van der Waals surface area contributed by atoms with E-state index in [1.807, 2.05) is 6.08 Å². The molecule has 1 fully saturated rings. The summed E-state index contributed by atoms with van der Waals surface area (Å²) in [6.45, 7) is 3.65. The molecule has 3 unspecified atom stereocenters. The Morgan fingerprint density at radius 3 is 2.75 bits per heavy atom. The summed E-state index contributed by atoms with van der Waals surface area (Å²) >= 11 is 0. The van der Waals surface area contributed by atoms with Gasteiger partial charge in [-0.25, -0.2) is 0 Å². The van der Waals surface area contributed by atoms with Crippen LogP contribution in [0.3, 0.4) is 0 Å². The lowest BCUT2D eigenvalue weighted by atomic mass is 9.82. The molecule has 70 valence electrons. The molecule has 0 amide bonds. The lowest BCUT2D eigenvalue weighted by Gasteiger charge is -2.31. The summed E-state index contributed by atoms with van der Waals surface area (Å²) < 4.78 is 0. The van der Waals surface area contributed by atoms with Gasteiger partial charge in [0.2, 0.25) is 0 Å². The third kappa shape index (κ3) is 2.32. The van der Waals surface area contributed by atoms with Crippen LogP contribution in [-0.2, 0) is 0 Å². The Kier molecular flexibility index (Phi) is 3.76. The lowest BCUT2D eigenvalue weighted by molar-refractivity contribution is -0.0463. The van der Waals surface area contributed by atoms with Crippen molar-refractivity contribution >= 4 is 0 Å². The van der Waals surface area contributed by atoms with Crippen molar-refractivity contribution in [3.63, 3.8) is 0 Å². The number of aliphatic hydroxyl groups excluding tert-OH is 2. The maximum atomic E-state index is 9.58. The van der Waals surface area contributed by atoms with Crippen LogP contribution in [-0.4, -0.2) is 22.4 Å². The van der Waals surface area contributed by atoms with E-state index in [1.165, 1.54) is 0 Å². The number of aliphatic hydroxyl groups is 2. The van der Waals surface area contributed by atoms with Crippen molar-refractivity contribution in [2.75, 3.05) is 0 Å². The van der Waals surface area contributed by atoms with Crippen molar-refractivity contribution in [3.8, 4) is 0 Å². The Morgan fingerprint density at radius 1 is 1.33 bits per heavy atom. The Labute approximate surface area is 73.9 Å². The molecule has 0 aromatic rings. The zero-order valence-electron chi connectivity index (χ0n) is 7.45. The summed E-state index contributed by atoms with van der Waals surface area (Å²) in [6, 6.07) is 0. The average Bonchev–Trinajstić information content (AvgIpc) is 2.08. The molecule has 12 heavy (non-hydrogen) atoms. The fraction of sp³-hybridized carbons (Fsp3) is 0.800. The van der Waals surface area contributed by atoms with Crippen LogP contribution in [0, 0.1) is 5.92 Å². The molecule has 0 spiro atoms. The second-order valence-electron chi connectivity index (χ2n) is 3.61. The van der Waals surface area contributed by atoms with Crippen LogP contribution in [0.2, 0.25) is 0 Å². The Balaban J connectivity index is 2.35. The van der Waals surface area contributed by atoms with Gasteiger partial charge in [-0.15, -0.1) is 6.58 Å². The summed E-state index contributed by atoms with van der Waals surface area (Å²) in [6.07, 6.45) is 5.62. The van der Waals surface area contributed by atoms with Gasteiger partial charge in [0.15, 0.2) is 0 Å². The molecule has 0 radical (unpaired) electrons. The standard InChI is InChI=1S/C10H18O2/c1-2-3-5-8-6-4-7-9(11)10(8)12/h2,8-12H,1,3-7H2. The van der Waals surface area contributed by atoms with Crippen LogP contribution in [0.1, 0.15) is 32.1 Å². The molecule has 2 nitrogen and oxygen atoms in total. The van der Waals surface area contributed by atoms with Crippen molar-refractivity contribution in [1.82, 2.24) is 0 Å². The number of rotatable bonds is 3. The summed E-state index contributed by atoms with van der Waals surface area (Å²) in [5.74, 6) is 0.284. The minimum absolute atomic E-state index is 0.284. The van der Waals surface area contributed by atoms with Crippen LogP contribution in [0.15, 0.2) is 12.7 Å². The smallest absolute Gasteiger partial charge is 0.0827 e. The van der Waals surface area contributed by atoms with Crippen molar-refractivity contribution in [1.29, 1.82) is 0 Å². The molecular weight excluding hydrogens is 152 g/mol. The third-order valence-electron chi connectivity index (χ3n) is 2.69. The zero-order valence-corrected chi connectivity index (χ0v) is 7.45. The molecule has 1 rings (SSSR count). The second-order valence-corrected chi connectivity index (χ2v) is 3.61. The number of hydrogen-bond donors (Lipinski definition) is 2. The summed E-state index contributed by atoms with van der Waals surface area (Å²) in [4.78, 5) is 0. The highest BCUT2D eigenvalue weighted by molar-refractivity contribution is 4.83. The number of allylic oxidation sites excluding steroid dienone is 1. The summed E-state index contributed by atoms with van der Waals surface area (Å²) in [5, 5.41) is 19.0. The van der Waals surface area contributed by atoms with E-state index in [0.717, 1.165) is 32.1 Å². The predicted octanol–water partition coefficient (Wildman–Crippen LogP) is 1.47. The molecule has 0 aliphatic heterocycles. The first-order valence-electron chi connectivity index (χ1n) is 4.72. The summed E-state index contributed by atoms with van der Waals surface area (Å²) in [7, 11) is 0. The molecule has 2 heteroatoms. The maximum absolute atomic E-state index is 9.58. The molecule has 0 saturated heterocycles. The third-order valence-corrected chi connectivity index (χ3v) is 2.69.